The van der Waals surface area contributed by atoms with E-state index < -0.39 is 21.8 Å². The van der Waals surface area contributed by atoms with E-state index in [0.717, 1.165) is 37.5 Å². The second-order valence-electron chi connectivity index (χ2n) is 8.64. The van der Waals surface area contributed by atoms with Crippen molar-refractivity contribution >= 4 is 21.6 Å². The lowest BCUT2D eigenvalue weighted by Gasteiger charge is -2.32. The van der Waals surface area contributed by atoms with Gasteiger partial charge in [-0.2, -0.15) is 13.2 Å². The molecule has 0 aromatic heterocycles. The molecule has 0 bridgehead atoms. The van der Waals surface area contributed by atoms with Gasteiger partial charge in [-0.15, -0.1) is 0 Å². The minimum atomic E-state index is -4.59. The van der Waals surface area contributed by atoms with Crippen molar-refractivity contribution in [2.24, 2.45) is 5.92 Å². The van der Waals surface area contributed by atoms with Gasteiger partial charge < -0.3 is 4.90 Å². The Kier molecular flexibility index (Phi) is 7.16. The molecule has 1 N–H and O–H groups in total. The number of hydrogen-bond acceptors (Lipinski definition) is 3. The molecule has 1 saturated heterocycles. The van der Waals surface area contributed by atoms with Gasteiger partial charge >= 0.3 is 6.18 Å². The molecule has 184 valence electrons. The highest BCUT2D eigenvalue weighted by atomic mass is 32.2. The fourth-order valence-corrected chi connectivity index (χ4v) is 5.33. The number of anilines is 1. The predicted molar refractivity (Wildman–Crippen MR) is 127 cm³/mol. The van der Waals surface area contributed by atoms with E-state index in [-0.39, 0.29) is 22.1 Å². The largest absolute Gasteiger partial charge is 0.416 e. The topological polar surface area (TPSA) is 66.5 Å². The van der Waals surface area contributed by atoms with E-state index in [9.17, 15) is 26.4 Å². The van der Waals surface area contributed by atoms with Gasteiger partial charge in [-0.05, 0) is 67.1 Å². The van der Waals surface area contributed by atoms with Gasteiger partial charge in [0, 0.05) is 24.3 Å². The molecule has 0 radical (unpaired) electrons. The Morgan fingerprint density at radius 2 is 1.60 bits per heavy atom. The molecular weight excluding hydrogens is 477 g/mol. The molecule has 1 fully saturated rings. The Morgan fingerprint density at radius 3 is 2.29 bits per heavy atom. The SMILES string of the molecule is O=C(c1cccc(S(=O)(=O)Nc2cccc(C(F)(F)F)c2)c1)N1CCC(Cc2ccccc2)CC1. The quantitative estimate of drug-likeness (QED) is 0.477. The van der Waals surface area contributed by atoms with Gasteiger partial charge in [0.05, 0.1) is 10.5 Å². The lowest BCUT2D eigenvalue weighted by Crippen LogP contribution is -2.39. The number of benzene rings is 3. The van der Waals surface area contributed by atoms with Gasteiger partial charge in [0.2, 0.25) is 0 Å². The molecule has 3 aromatic carbocycles. The Hall–Kier alpha value is -3.33. The van der Waals surface area contributed by atoms with Gasteiger partial charge in [0.1, 0.15) is 0 Å². The van der Waals surface area contributed by atoms with Crippen molar-refractivity contribution in [2.45, 2.75) is 30.3 Å². The minimum Gasteiger partial charge on any atom is -0.339 e. The molecule has 3 aromatic rings. The number of sulfonamides is 1. The van der Waals surface area contributed by atoms with Crippen molar-refractivity contribution in [3.05, 3.63) is 95.6 Å². The maximum atomic E-state index is 13.0. The first-order valence-corrected chi connectivity index (χ1v) is 12.7. The molecule has 0 saturated carbocycles. The van der Waals surface area contributed by atoms with Gasteiger partial charge in [-0.1, -0.05) is 42.5 Å². The predicted octanol–water partition coefficient (Wildman–Crippen LogP) is 5.60. The average Bonchev–Trinajstić information content (AvgIpc) is 2.84. The molecule has 1 aliphatic heterocycles. The summed E-state index contributed by atoms with van der Waals surface area (Å²) in [4.78, 5) is 14.6. The zero-order chi connectivity index (χ0) is 25.1. The molecule has 0 aliphatic carbocycles. The smallest absolute Gasteiger partial charge is 0.339 e. The van der Waals surface area contributed by atoms with Crippen LogP contribution in [0.5, 0.6) is 0 Å². The summed E-state index contributed by atoms with van der Waals surface area (Å²) in [5.41, 5.74) is 0.316. The van der Waals surface area contributed by atoms with E-state index in [1.54, 1.807) is 11.0 Å². The molecule has 9 heteroatoms. The lowest BCUT2D eigenvalue weighted by molar-refractivity contribution is -0.137. The van der Waals surface area contributed by atoms with Crippen molar-refractivity contribution in [3.63, 3.8) is 0 Å². The number of alkyl halides is 3. The third kappa shape index (κ3) is 6.22. The van der Waals surface area contributed by atoms with Gasteiger partial charge in [0.15, 0.2) is 0 Å². The summed E-state index contributed by atoms with van der Waals surface area (Å²) in [5.74, 6) is 0.212. The molecule has 1 aliphatic rings. The second-order valence-corrected chi connectivity index (χ2v) is 10.3. The summed E-state index contributed by atoms with van der Waals surface area (Å²) >= 11 is 0. The van der Waals surface area contributed by atoms with Crippen molar-refractivity contribution in [3.8, 4) is 0 Å². The first-order valence-electron chi connectivity index (χ1n) is 11.3. The van der Waals surface area contributed by atoms with E-state index in [1.807, 2.05) is 18.2 Å². The molecule has 5 nitrogen and oxygen atoms in total. The maximum Gasteiger partial charge on any atom is 0.416 e. The molecule has 0 atom stereocenters. The number of carbonyl (C=O) groups excluding carboxylic acids is 1. The summed E-state index contributed by atoms with van der Waals surface area (Å²) in [6.07, 6.45) is -1.93. The van der Waals surface area contributed by atoms with E-state index in [1.165, 1.54) is 29.8 Å². The lowest BCUT2D eigenvalue weighted by atomic mass is 9.90. The van der Waals surface area contributed by atoms with Crippen LogP contribution in [0.15, 0.2) is 83.8 Å². The zero-order valence-electron chi connectivity index (χ0n) is 18.8. The van der Waals surface area contributed by atoms with Crippen LogP contribution in [0, 0.1) is 5.92 Å². The number of nitrogens with zero attached hydrogens (tertiary/aromatic N) is 1. The van der Waals surface area contributed by atoms with E-state index in [2.05, 4.69) is 16.9 Å². The highest BCUT2D eigenvalue weighted by Gasteiger charge is 2.31. The van der Waals surface area contributed by atoms with Crippen LogP contribution in [0.4, 0.5) is 18.9 Å². The Bertz CT molecular complexity index is 1290. The minimum absolute atomic E-state index is 0.195. The van der Waals surface area contributed by atoms with Crippen LogP contribution >= 0.6 is 0 Å². The Morgan fingerprint density at radius 1 is 0.914 bits per heavy atom. The number of halogens is 3. The summed E-state index contributed by atoms with van der Waals surface area (Å²) in [6.45, 7) is 1.16. The highest BCUT2D eigenvalue weighted by Crippen LogP contribution is 2.31. The first-order chi connectivity index (χ1) is 16.6. The van der Waals surface area contributed by atoms with Crippen LogP contribution < -0.4 is 4.72 Å². The van der Waals surface area contributed by atoms with Gasteiger partial charge in [-0.25, -0.2) is 8.42 Å². The Balaban J connectivity index is 1.42. The van der Waals surface area contributed by atoms with Gasteiger partial charge in [0.25, 0.3) is 15.9 Å². The van der Waals surface area contributed by atoms with Crippen molar-refractivity contribution in [2.75, 3.05) is 17.8 Å². The third-order valence-electron chi connectivity index (χ3n) is 6.10. The molecule has 0 unspecified atom stereocenters. The first kappa shape index (κ1) is 24.8. The summed E-state index contributed by atoms with van der Waals surface area (Å²) in [7, 11) is -4.19. The molecular formula is C26H25F3N2O3S. The molecule has 35 heavy (non-hydrogen) atoms. The van der Waals surface area contributed by atoms with Crippen LogP contribution in [0.1, 0.15) is 34.3 Å². The fraction of sp³-hybridized carbons (Fsp3) is 0.269. The second kappa shape index (κ2) is 10.1. The standard InChI is InChI=1S/C26H25F3N2O3S/c27-26(28,29)22-9-5-10-23(18-22)30-35(33,34)24-11-4-8-21(17-24)25(32)31-14-12-20(13-15-31)16-19-6-2-1-3-7-19/h1-11,17-18,20,30H,12-16H2. The van der Waals surface area contributed by atoms with Gasteiger partial charge in [-0.3, -0.25) is 9.52 Å². The average molecular weight is 503 g/mol. The van der Waals surface area contributed by atoms with Crippen LogP contribution in [-0.4, -0.2) is 32.3 Å². The maximum absolute atomic E-state index is 13.0. The van der Waals surface area contributed by atoms with Crippen LogP contribution in [0.3, 0.4) is 0 Å². The van der Waals surface area contributed by atoms with E-state index in [4.69, 9.17) is 0 Å². The number of piperidine rings is 1. The summed E-state index contributed by atoms with van der Waals surface area (Å²) in [6, 6.07) is 19.7. The van der Waals surface area contributed by atoms with Crippen molar-refractivity contribution in [1.29, 1.82) is 0 Å². The van der Waals surface area contributed by atoms with Crippen LogP contribution in [-0.2, 0) is 22.6 Å². The van der Waals surface area contributed by atoms with Crippen molar-refractivity contribution in [1.82, 2.24) is 4.90 Å². The van der Waals surface area contributed by atoms with Crippen LogP contribution in [0.25, 0.3) is 0 Å². The normalized spacial score (nSPS) is 15.1. The zero-order valence-corrected chi connectivity index (χ0v) is 19.6. The van der Waals surface area contributed by atoms with Crippen LogP contribution in [0.2, 0.25) is 0 Å². The molecule has 4 rings (SSSR count). The summed E-state index contributed by atoms with van der Waals surface area (Å²) in [5, 5.41) is 0. The number of amides is 1. The monoisotopic (exact) mass is 502 g/mol. The Labute approximate surface area is 202 Å². The number of carbonyl (C=O) groups is 1. The molecule has 1 amide bonds. The van der Waals surface area contributed by atoms with Crippen molar-refractivity contribution < 1.29 is 26.4 Å². The van der Waals surface area contributed by atoms with E-state index >= 15 is 0 Å². The summed E-state index contributed by atoms with van der Waals surface area (Å²) < 4.78 is 66.7. The number of rotatable bonds is 6. The number of likely N-dealkylation sites (tertiary alicyclic amines) is 1. The third-order valence-corrected chi connectivity index (χ3v) is 7.48. The number of nitrogens with one attached hydrogen (secondary N) is 1. The molecule has 0 spiro atoms. The number of hydrogen-bond donors (Lipinski definition) is 1. The fourth-order valence-electron chi connectivity index (χ4n) is 4.24. The highest BCUT2D eigenvalue weighted by molar-refractivity contribution is 7.92. The van der Waals surface area contributed by atoms with E-state index in [0.29, 0.717) is 19.0 Å². The molecule has 1 heterocycles.